The number of carbonyl (C=O) groups excluding carboxylic acids is 2. The Morgan fingerprint density at radius 3 is 2.28 bits per heavy atom. The van der Waals surface area contributed by atoms with Gasteiger partial charge in [-0.1, -0.05) is 24.3 Å². The highest BCUT2D eigenvalue weighted by atomic mass is 16.2. The van der Waals surface area contributed by atoms with Crippen molar-refractivity contribution in [3.05, 3.63) is 72.1 Å². The molecule has 3 rings (SSSR count). The van der Waals surface area contributed by atoms with Gasteiger partial charge in [0.2, 0.25) is 11.9 Å². The van der Waals surface area contributed by atoms with Crippen molar-refractivity contribution < 1.29 is 9.59 Å². The molecule has 3 aromatic rings. The molecule has 2 amide bonds. The van der Waals surface area contributed by atoms with Gasteiger partial charge in [-0.25, -0.2) is 9.97 Å². The Kier molecular flexibility index (Phi) is 6.19. The van der Waals surface area contributed by atoms with Crippen LogP contribution in [0, 0.1) is 6.92 Å². The number of anilines is 4. The average molecular weight is 389 g/mol. The number of aromatic nitrogens is 2. The average Bonchev–Trinajstić information content (AvgIpc) is 2.69. The predicted octanol–water partition coefficient (Wildman–Crippen LogP) is 4.15. The van der Waals surface area contributed by atoms with E-state index in [4.69, 9.17) is 0 Å². The van der Waals surface area contributed by atoms with E-state index in [1.54, 1.807) is 30.3 Å². The lowest BCUT2D eigenvalue weighted by Crippen LogP contribution is -2.22. The number of para-hydroxylation sites is 1. The van der Waals surface area contributed by atoms with Gasteiger partial charge in [-0.3, -0.25) is 9.59 Å². The fourth-order valence-electron chi connectivity index (χ4n) is 2.91. The molecule has 0 unspecified atom stereocenters. The lowest BCUT2D eigenvalue weighted by atomic mass is 10.2. The third-order valence-corrected chi connectivity index (χ3v) is 4.14. The van der Waals surface area contributed by atoms with Crippen LogP contribution in [-0.2, 0) is 4.79 Å². The van der Waals surface area contributed by atoms with E-state index in [0.717, 1.165) is 5.69 Å². The Morgan fingerprint density at radius 1 is 0.931 bits per heavy atom. The van der Waals surface area contributed by atoms with Crippen LogP contribution in [-0.4, -0.2) is 28.3 Å². The summed E-state index contributed by atoms with van der Waals surface area (Å²) < 4.78 is 0. The van der Waals surface area contributed by atoms with Gasteiger partial charge in [0.25, 0.3) is 5.91 Å². The second kappa shape index (κ2) is 8.97. The molecule has 0 bridgehead atoms. The highest BCUT2D eigenvalue weighted by Gasteiger charge is 2.16. The van der Waals surface area contributed by atoms with Crippen LogP contribution in [0.1, 0.15) is 30.0 Å². The molecule has 0 fully saturated rings. The zero-order chi connectivity index (χ0) is 20.8. The first kappa shape index (κ1) is 20.0. The SMILES string of the molecule is CCN(c1ccccc1)c1nc(C)cc(C(=O)Nc2cccc(NC(C)=O)c2)n1. The summed E-state index contributed by atoms with van der Waals surface area (Å²) in [5, 5.41) is 5.52. The molecule has 148 valence electrons. The number of benzene rings is 2. The van der Waals surface area contributed by atoms with Gasteiger partial charge in [0, 0.05) is 36.2 Å². The maximum Gasteiger partial charge on any atom is 0.274 e. The summed E-state index contributed by atoms with van der Waals surface area (Å²) >= 11 is 0. The summed E-state index contributed by atoms with van der Waals surface area (Å²) in [4.78, 5) is 35.0. The van der Waals surface area contributed by atoms with Gasteiger partial charge < -0.3 is 15.5 Å². The number of nitrogens with zero attached hydrogens (tertiary/aromatic N) is 3. The Morgan fingerprint density at radius 2 is 1.62 bits per heavy atom. The molecular weight excluding hydrogens is 366 g/mol. The van der Waals surface area contributed by atoms with Gasteiger partial charge in [0.1, 0.15) is 5.69 Å². The van der Waals surface area contributed by atoms with E-state index in [9.17, 15) is 9.59 Å². The Balaban J connectivity index is 1.86. The highest BCUT2D eigenvalue weighted by Crippen LogP contribution is 2.22. The number of rotatable bonds is 6. The Bertz CT molecular complexity index is 1020. The van der Waals surface area contributed by atoms with Crippen LogP contribution < -0.4 is 15.5 Å². The van der Waals surface area contributed by atoms with Gasteiger partial charge in [-0.2, -0.15) is 0 Å². The molecule has 0 aliphatic carbocycles. The normalized spacial score (nSPS) is 10.3. The topological polar surface area (TPSA) is 87.2 Å². The van der Waals surface area contributed by atoms with Gasteiger partial charge in [0.15, 0.2) is 0 Å². The minimum absolute atomic E-state index is 0.176. The van der Waals surface area contributed by atoms with Crippen molar-refractivity contribution in [3.8, 4) is 0 Å². The molecule has 0 saturated heterocycles. The second-order valence-corrected chi connectivity index (χ2v) is 6.49. The van der Waals surface area contributed by atoms with Crippen molar-refractivity contribution in [2.75, 3.05) is 22.1 Å². The van der Waals surface area contributed by atoms with Crippen LogP contribution in [0.25, 0.3) is 0 Å². The zero-order valence-electron chi connectivity index (χ0n) is 16.6. The molecule has 7 nitrogen and oxygen atoms in total. The first-order chi connectivity index (χ1) is 14.0. The summed E-state index contributed by atoms with van der Waals surface area (Å²) in [5.41, 5.74) is 3.09. The molecule has 0 aliphatic heterocycles. The van der Waals surface area contributed by atoms with E-state index in [1.807, 2.05) is 49.1 Å². The van der Waals surface area contributed by atoms with Gasteiger partial charge in [-0.15, -0.1) is 0 Å². The van der Waals surface area contributed by atoms with Crippen LogP contribution in [0.2, 0.25) is 0 Å². The van der Waals surface area contributed by atoms with Crippen molar-refractivity contribution in [2.45, 2.75) is 20.8 Å². The van der Waals surface area contributed by atoms with Crippen molar-refractivity contribution in [2.24, 2.45) is 0 Å². The molecule has 0 atom stereocenters. The van der Waals surface area contributed by atoms with Gasteiger partial charge >= 0.3 is 0 Å². The minimum Gasteiger partial charge on any atom is -0.326 e. The largest absolute Gasteiger partial charge is 0.326 e. The number of hydrogen-bond acceptors (Lipinski definition) is 5. The zero-order valence-corrected chi connectivity index (χ0v) is 16.6. The van der Waals surface area contributed by atoms with Crippen LogP contribution in [0.15, 0.2) is 60.7 Å². The van der Waals surface area contributed by atoms with Gasteiger partial charge in [0.05, 0.1) is 0 Å². The Hall–Kier alpha value is -3.74. The molecule has 7 heteroatoms. The van der Waals surface area contributed by atoms with Crippen LogP contribution in [0.3, 0.4) is 0 Å². The summed E-state index contributed by atoms with van der Waals surface area (Å²) in [6, 6.07) is 18.4. The Labute approximate surface area is 169 Å². The summed E-state index contributed by atoms with van der Waals surface area (Å²) in [6.45, 7) is 5.93. The summed E-state index contributed by atoms with van der Waals surface area (Å²) in [6.07, 6.45) is 0. The molecular formula is C22H23N5O2. The molecule has 2 N–H and O–H groups in total. The number of amides is 2. The standard InChI is InChI=1S/C22H23N5O2/c1-4-27(19-11-6-5-7-12-19)22-23-15(2)13-20(26-22)21(29)25-18-10-8-9-17(14-18)24-16(3)28/h5-14H,4H2,1-3H3,(H,24,28)(H,25,29). The summed E-state index contributed by atoms with van der Waals surface area (Å²) in [5.74, 6) is -0.0539. The first-order valence-corrected chi connectivity index (χ1v) is 9.33. The van der Waals surface area contributed by atoms with Crippen LogP contribution >= 0.6 is 0 Å². The van der Waals surface area contributed by atoms with Gasteiger partial charge in [-0.05, 0) is 50.2 Å². The quantitative estimate of drug-likeness (QED) is 0.661. The van der Waals surface area contributed by atoms with E-state index in [1.165, 1.54) is 6.92 Å². The van der Waals surface area contributed by atoms with E-state index in [0.29, 0.717) is 29.6 Å². The molecule has 0 aliphatic rings. The second-order valence-electron chi connectivity index (χ2n) is 6.49. The van der Waals surface area contributed by atoms with Crippen LogP contribution in [0.5, 0.6) is 0 Å². The molecule has 0 spiro atoms. The van der Waals surface area contributed by atoms with E-state index in [-0.39, 0.29) is 17.5 Å². The number of aryl methyl sites for hydroxylation is 1. The highest BCUT2D eigenvalue weighted by molar-refractivity contribution is 6.03. The van der Waals surface area contributed by atoms with E-state index < -0.39 is 0 Å². The fourth-order valence-corrected chi connectivity index (χ4v) is 2.91. The molecule has 29 heavy (non-hydrogen) atoms. The molecule has 0 radical (unpaired) electrons. The first-order valence-electron chi connectivity index (χ1n) is 9.33. The smallest absolute Gasteiger partial charge is 0.274 e. The number of nitrogens with one attached hydrogen (secondary N) is 2. The minimum atomic E-state index is -0.346. The van der Waals surface area contributed by atoms with Crippen molar-refractivity contribution >= 4 is 34.8 Å². The number of carbonyl (C=O) groups is 2. The molecule has 1 heterocycles. The lowest BCUT2D eigenvalue weighted by Gasteiger charge is -2.21. The molecule has 2 aromatic carbocycles. The maximum atomic E-state index is 12.8. The van der Waals surface area contributed by atoms with Crippen molar-refractivity contribution in [1.29, 1.82) is 0 Å². The van der Waals surface area contributed by atoms with E-state index in [2.05, 4.69) is 20.6 Å². The third kappa shape index (κ3) is 5.16. The third-order valence-electron chi connectivity index (χ3n) is 4.14. The van der Waals surface area contributed by atoms with E-state index >= 15 is 0 Å². The lowest BCUT2D eigenvalue weighted by molar-refractivity contribution is -0.114. The maximum absolute atomic E-state index is 12.8. The molecule has 1 aromatic heterocycles. The fraction of sp³-hybridized carbons (Fsp3) is 0.182. The molecule has 0 saturated carbocycles. The van der Waals surface area contributed by atoms with Crippen LogP contribution in [0.4, 0.5) is 23.0 Å². The summed E-state index contributed by atoms with van der Waals surface area (Å²) in [7, 11) is 0. The monoisotopic (exact) mass is 389 g/mol. The van der Waals surface area contributed by atoms with Crippen molar-refractivity contribution in [1.82, 2.24) is 9.97 Å². The number of hydrogen-bond donors (Lipinski definition) is 2. The van der Waals surface area contributed by atoms with Crippen molar-refractivity contribution in [3.63, 3.8) is 0 Å². The predicted molar refractivity (Wildman–Crippen MR) is 115 cm³/mol.